The van der Waals surface area contributed by atoms with Gasteiger partial charge in [0.1, 0.15) is 0 Å². The Morgan fingerprint density at radius 1 is 1.42 bits per heavy atom. The molecule has 1 aliphatic heterocycles. The van der Waals surface area contributed by atoms with Crippen LogP contribution in [-0.2, 0) is 11.2 Å². The zero-order valence-corrected chi connectivity index (χ0v) is 11.1. The number of nitrogens with zero attached hydrogens (tertiary/aromatic N) is 2. The average molecular weight is 286 g/mol. The number of likely N-dealkylation sites (tertiary alicyclic amines) is 1. The van der Waals surface area contributed by atoms with E-state index < -0.39 is 4.92 Å². The third-order valence-corrected chi connectivity index (χ3v) is 3.08. The van der Waals surface area contributed by atoms with Gasteiger partial charge in [0.25, 0.3) is 5.69 Å². The summed E-state index contributed by atoms with van der Waals surface area (Å²) in [5.41, 5.74) is 6.56. The highest BCUT2D eigenvalue weighted by Gasteiger charge is 2.23. The lowest BCUT2D eigenvalue weighted by molar-refractivity contribution is -0.384. The van der Waals surface area contributed by atoms with Crippen LogP contribution in [-0.4, -0.2) is 34.9 Å². The fourth-order valence-corrected chi connectivity index (χ4v) is 2.04. The summed E-state index contributed by atoms with van der Waals surface area (Å²) in [5, 5.41) is 10.5. The van der Waals surface area contributed by atoms with Crippen LogP contribution in [0.5, 0.6) is 0 Å². The van der Waals surface area contributed by atoms with Crippen molar-refractivity contribution in [3.8, 4) is 0 Å². The summed E-state index contributed by atoms with van der Waals surface area (Å²) in [4.78, 5) is 23.7. The van der Waals surface area contributed by atoms with Crippen molar-refractivity contribution in [1.29, 1.82) is 0 Å². The number of non-ortho nitro benzene ring substituents is 1. The quantitative estimate of drug-likeness (QED) is 0.665. The standard InChI is InChI=1S/C12H15N3O3.ClH/c13-10-5-6-14(8-10)12(16)7-9-1-3-11(4-2-9)15(17)18;/h1-4,10H,5-8,13H2;1H/t10-;/m1./s1. The molecule has 1 aromatic rings. The number of benzene rings is 1. The second kappa shape index (κ2) is 6.49. The number of rotatable bonds is 3. The molecule has 0 spiro atoms. The molecule has 1 aliphatic rings. The number of hydrogen-bond acceptors (Lipinski definition) is 4. The summed E-state index contributed by atoms with van der Waals surface area (Å²) in [6.45, 7) is 1.30. The van der Waals surface area contributed by atoms with Crippen molar-refractivity contribution in [2.75, 3.05) is 13.1 Å². The fraction of sp³-hybridized carbons (Fsp3) is 0.417. The van der Waals surface area contributed by atoms with E-state index in [0.29, 0.717) is 13.1 Å². The molecule has 6 nitrogen and oxygen atoms in total. The molecule has 2 rings (SSSR count). The lowest BCUT2D eigenvalue weighted by Gasteiger charge is -2.15. The fourth-order valence-electron chi connectivity index (χ4n) is 2.04. The predicted octanol–water partition coefficient (Wildman–Crippen LogP) is 1.12. The van der Waals surface area contributed by atoms with Crippen molar-refractivity contribution in [3.05, 3.63) is 39.9 Å². The maximum atomic E-state index is 11.9. The Balaban J connectivity index is 0.00000180. The van der Waals surface area contributed by atoms with Crippen LogP contribution in [0.15, 0.2) is 24.3 Å². The van der Waals surface area contributed by atoms with E-state index in [4.69, 9.17) is 5.73 Å². The van der Waals surface area contributed by atoms with Crippen LogP contribution in [0.2, 0.25) is 0 Å². The highest BCUT2D eigenvalue weighted by molar-refractivity contribution is 5.85. The molecule has 0 saturated carbocycles. The van der Waals surface area contributed by atoms with Gasteiger partial charge in [0.15, 0.2) is 0 Å². The smallest absolute Gasteiger partial charge is 0.269 e. The molecule has 19 heavy (non-hydrogen) atoms. The lowest BCUT2D eigenvalue weighted by atomic mass is 10.1. The zero-order valence-electron chi connectivity index (χ0n) is 10.3. The molecule has 0 aromatic heterocycles. The first-order valence-electron chi connectivity index (χ1n) is 5.83. The van der Waals surface area contributed by atoms with Crippen LogP contribution >= 0.6 is 12.4 Å². The van der Waals surface area contributed by atoms with Crippen LogP contribution < -0.4 is 5.73 Å². The molecular formula is C12H16ClN3O3. The number of hydrogen-bond donors (Lipinski definition) is 1. The molecule has 1 atom stereocenters. The highest BCUT2D eigenvalue weighted by atomic mass is 35.5. The van der Waals surface area contributed by atoms with Crippen molar-refractivity contribution in [3.63, 3.8) is 0 Å². The van der Waals surface area contributed by atoms with Gasteiger partial charge >= 0.3 is 0 Å². The molecule has 0 aliphatic carbocycles. The van der Waals surface area contributed by atoms with Gasteiger partial charge in [-0.3, -0.25) is 14.9 Å². The van der Waals surface area contributed by atoms with Gasteiger partial charge in [0, 0.05) is 31.3 Å². The summed E-state index contributed by atoms with van der Waals surface area (Å²) in [6.07, 6.45) is 1.11. The third kappa shape index (κ3) is 3.90. The Kier molecular flexibility index (Phi) is 5.26. The summed E-state index contributed by atoms with van der Waals surface area (Å²) >= 11 is 0. The van der Waals surface area contributed by atoms with E-state index in [-0.39, 0.29) is 36.5 Å². The molecule has 0 radical (unpaired) electrons. The molecule has 2 N–H and O–H groups in total. The highest BCUT2D eigenvalue weighted by Crippen LogP contribution is 2.14. The molecule has 104 valence electrons. The van der Waals surface area contributed by atoms with Crippen molar-refractivity contribution >= 4 is 24.0 Å². The van der Waals surface area contributed by atoms with Crippen LogP contribution in [0.4, 0.5) is 5.69 Å². The first-order chi connectivity index (χ1) is 8.56. The maximum Gasteiger partial charge on any atom is 0.269 e. The predicted molar refractivity (Wildman–Crippen MR) is 73.2 cm³/mol. The van der Waals surface area contributed by atoms with Gasteiger partial charge in [-0.25, -0.2) is 0 Å². The lowest BCUT2D eigenvalue weighted by Crippen LogP contribution is -2.32. The first kappa shape index (κ1) is 15.4. The molecule has 1 heterocycles. The molecule has 7 heteroatoms. The molecule has 0 bridgehead atoms. The Labute approximate surface area is 117 Å². The number of nitro benzene ring substituents is 1. The molecule has 1 fully saturated rings. The maximum absolute atomic E-state index is 11.9. The van der Waals surface area contributed by atoms with Crippen LogP contribution in [0.1, 0.15) is 12.0 Å². The Hall–Kier alpha value is -1.66. The normalized spacial score (nSPS) is 17.9. The van der Waals surface area contributed by atoms with Crippen LogP contribution in [0.25, 0.3) is 0 Å². The molecule has 1 amide bonds. The third-order valence-electron chi connectivity index (χ3n) is 3.08. The number of nitrogens with two attached hydrogens (primary N) is 1. The van der Waals surface area contributed by atoms with Gasteiger partial charge in [0.05, 0.1) is 11.3 Å². The Morgan fingerprint density at radius 2 is 2.05 bits per heavy atom. The number of amides is 1. The number of carbonyl (C=O) groups excluding carboxylic acids is 1. The minimum atomic E-state index is -0.453. The van der Waals surface area contributed by atoms with Gasteiger partial charge in [-0.15, -0.1) is 12.4 Å². The summed E-state index contributed by atoms with van der Waals surface area (Å²) in [6, 6.07) is 6.14. The molecule has 1 aromatic carbocycles. The summed E-state index contributed by atoms with van der Waals surface area (Å²) < 4.78 is 0. The van der Waals surface area contributed by atoms with E-state index in [0.717, 1.165) is 12.0 Å². The van der Waals surface area contributed by atoms with Crippen molar-refractivity contribution < 1.29 is 9.72 Å². The number of nitro groups is 1. The van der Waals surface area contributed by atoms with Gasteiger partial charge in [0.2, 0.25) is 5.91 Å². The monoisotopic (exact) mass is 285 g/mol. The molecule has 0 unspecified atom stereocenters. The van der Waals surface area contributed by atoms with Gasteiger partial charge < -0.3 is 10.6 Å². The van der Waals surface area contributed by atoms with E-state index in [1.807, 2.05) is 0 Å². The van der Waals surface area contributed by atoms with E-state index in [1.165, 1.54) is 12.1 Å². The van der Waals surface area contributed by atoms with E-state index in [9.17, 15) is 14.9 Å². The van der Waals surface area contributed by atoms with Gasteiger partial charge in [-0.1, -0.05) is 12.1 Å². The molecular weight excluding hydrogens is 270 g/mol. The minimum Gasteiger partial charge on any atom is -0.341 e. The van der Waals surface area contributed by atoms with Crippen LogP contribution in [0.3, 0.4) is 0 Å². The van der Waals surface area contributed by atoms with Gasteiger partial charge in [-0.05, 0) is 12.0 Å². The van der Waals surface area contributed by atoms with Crippen LogP contribution in [0, 0.1) is 10.1 Å². The van der Waals surface area contributed by atoms with Gasteiger partial charge in [-0.2, -0.15) is 0 Å². The Morgan fingerprint density at radius 3 is 2.53 bits per heavy atom. The SMILES string of the molecule is Cl.N[C@@H]1CCN(C(=O)Cc2ccc([N+](=O)[O-])cc2)C1. The zero-order chi connectivity index (χ0) is 13.1. The number of carbonyl (C=O) groups is 1. The summed E-state index contributed by atoms with van der Waals surface area (Å²) in [5.74, 6) is 0.0248. The largest absolute Gasteiger partial charge is 0.341 e. The number of halogens is 1. The van der Waals surface area contributed by atoms with Crippen molar-refractivity contribution in [1.82, 2.24) is 4.90 Å². The second-order valence-electron chi connectivity index (χ2n) is 4.49. The van der Waals surface area contributed by atoms with E-state index >= 15 is 0 Å². The Bertz CT molecular complexity index is 464. The van der Waals surface area contributed by atoms with E-state index in [2.05, 4.69) is 0 Å². The average Bonchev–Trinajstić information content (AvgIpc) is 2.76. The topological polar surface area (TPSA) is 89.5 Å². The molecule has 1 saturated heterocycles. The van der Waals surface area contributed by atoms with Crippen molar-refractivity contribution in [2.24, 2.45) is 5.73 Å². The first-order valence-corrected chi connectivity index (χ1v) is 5.83. The van der Waals surface area contributed by atoms with Crippen molar-refractivity contribution in [2.45, 2.75) is 18.9 Å². The van der Waals surface area contributed by atoms with E-state index in [1.54, 1.807) is 17.0 Å². The minimum absolute atomic E-state index is 0. The second-order valence-corrected chi connectivity index (χ2v) is 4.49. The summed E-state index contributed by atoms with van der Waals surface area (Å²) in [7, 11) is 0.